The van der Waals surface area contributed by atoms with E-state index >= 15 is 0 Å². The molecule has 0 heterocycles. The van der Waals surface area contributed by atoms with Gasteiger partial charge in [-0.3, -0.25) is 4.79 Å². The van der Waals surface area contributed by atoms with Crippen LogP contribution in [0.3, 0.4) is 0 Å². The number of hydrogen-bond donors (Lipinski definition) is 1. The second-order valence-corrected chi connectivity index (χ2v) is 5.00. The lowest BCUT2D eigenvalue weighted by molar-refractivity contribution is 0.102. The van der Waals surface area contributed by atoms with Gasteiger partial charge in [0, 0.05) is 27.0 Å². The molecule has 0 bridgehead atoms. The Labute approximate surface area is 124 Å². The first kappa shape index (κ1) is 14.8. The molecular formula is C13H6F4INO. The van der Waals surface area contributed by atoms with Crippen LogP contribution in [-0.4, -0.2) is 5.91 Å². The molecule has 0 atom stereocenters. The Balaban J connectivity index is 2.25. The molecule has 0 unspecified atom stereocenters. The smallest absolute Gasteiger partial charge is 0.255 e. The number of nitrogens with one attached hydrogen (secondary N) is 1. The van der Waals surface area contributed by atoms with E-state index < -0.39 is 29.2 Å². The van der Waals surface area contributed by atoms with Crippen molar-refractivity contribution in [3.05, 3.63) is 62.7 Å². The van der Waals surface area contributed by atoms with Gasteiger partial charge in [0.2, 0.25) is 0 Å². The Bertz CT molecular complexity index is 667. The molecule has 104 valence electrons. The van der Waals surface area contributed by atoms with E-state index in [1.807, 2.05) is 0 Å². The van der Waals surface area contributed by atoms with E-state index in [0.717, 1.165) is 6.07 Å². The Morgan fingerprint density at radius 3 is 2.10 bits per heavy atom. The van der Waals surface area contributed by atoms with Crippen LogP contribution < -0.4 is 5.32 Å². The molecule has 0 aliphatic rings. The lowest BCUT2D eigenvalue weighted by Gasteiger charge is -2.07. The Hall–Kier alpha value is -1.64. The van der Waals surface area contributed by atoms with Gasteiger partial charge in [0.05, 0.1) is 0 Å². The summed E-state index contributed by atoms with van der Waals surface area (Å²) in [6, 6.07) is 4.92. The Kier molecular flexibility index (Phi) is 4.26. The van der Waals surface area contributed by atoms with Crippen LogP contribution in [0.2, 0.25) is 0 Å². The SMILES string of the molecule is O=C(Nc1cc(F)c(F)c(F)c1)c1ccc(F)c(I)c1. The molecule has 2 nitrogen and oxygen atoms in total. The number of halogens is 5. The highest BCUT2D eigenvalue weighted by Crippen LogP contribution is 2.19. The topological polar surface area (TPSA) is 29.1 Å². The minimum Gasteiger partial charge on any atom is -0.322 e. The van der Waals surface area contributed by atoms with Crippen LogP contribution in [0.4, 0.5) is 23.2 Å². The van der Waals surface area contributed by atoms with E-state index in [2.05, 4.69) is 5.32 Å². The zero-order valence-corrected chi connectivity index (χ0v) is 11.8. The number of rotatable bonds is 2. The third-order valence-electron chi connectivity index (χ3n) is 2.42. The highest BCUT2D eigenvalue weighted by molar-refractivity contribution is 14.1. The van der Waals surface area contributed by atoms with Crippen molar-refractivity contribution < 1.29 is 22.4 Å². The second-order valence-electron chi connectivity index (χ2n) is 3.84. The maximum Gasteiger partial charge on any atom is 0.255 e. The molecule has 7 heteroatoms. The maximum atomic E-state index is 13.1. The van der Waals surface area contributed by atoms with Crippen LogP contribution in [0, 0.1) is 26.8 Å². The molecule has 1 amide bonds. The fourth-order valence-electron chi connectivity index (χ4n) is 1.47. The third-order valence-corrected chi connectivity index (χ3v) is 3.25. The molecule has 0 aliphatic carbocycles. The van der Waals surface area contributed by atoms with Crippen molar-refractivity contribution in [2.75, 3.05) is 5.32 Å². The summed E-state index contributed by atoms with van der Waals surface area (Å²) < 4.78 is 52.0. The van der Waals surface area contributed by atoms with Crippen LogP contribution in [-0.2, 0) is 0 Å². The summed E-state index contributed by atoms with van der Waals surface area (Å²) >= 11 is 1.70. The van der Waals surface area contributed by atoms with Crippen LogP contribution in [0.1, 0.15) is 10.4 Å². The lowest BCUT2D eigenvalue weighted by atomic mass is 10.2. The minimum absolute atomic E-state index is 0.112. The van der Waals surface area contributed by atoms with Gasteiger partial charge in [0.1, 0.15) is 5.82 Å². The van der Waals surface area contributed by atoms with Crippen molar-refractivity contribution >= 4 is 34.2 Å². The summed E-state index contributed by atoms with van der Waals surface area (Å²) in [5, 5.41) is 2.20. The highest BCUT2D eigenvalue weighted by Gasteiger charge is 2.13. The second kappa shape index (κ2) is 5.78. The van der Waals surface area contributed by atoms with Gasteiger partial charge in [-0.2, -0.15) is 0 Å². The summed E-state index contributed by atoms with van der Waals surface area (Å²) in [5.74, 6) is -5.60. The molecule has 0 saturated carbocycles. The predicted molar refractivity (Wildman–Crippen MR) is 73.4 cm³/mol. The average molecular weight is 395 g/mol. The van der Waals surface area contributed by atoms with Gasteiger partial charge in [-0.15, -0.1) is 0 Å². The summed E-state index contributed by atoms with van der Waals surface area (Å²) in [7, 11) is 0. The van der Waals surface area contributed by atoms with Crippen LogP contribution in [0.25, 0.3) is 0 Å². The first-order valence-electron chi connectivity index (χ1n) is 5.29. The monoisotopic (exact) mass is 395 g/mol. The van der Waals surface area contributed by atoms with Gasteiger partial charge in [-0.1, -0.05) is 0 Å². The van der Waals surface area contributed by atoms with E-state index in [4.69, 9.17) is 0 Å². The lowest BCUT2D eigenvalue weighted by Crippen LogP contribution is -2.13. The number of hydrogen-bond acceptors (Lipinski definition) is 1. The molecule has 2 rings (SSSR count). The van der Waals surface area contributed by atoms with Crippen molar-refractivity contribution in [3.8, 4) is 0 Å². The Morgan fingerprint density at radius 1 is 0.950 bits per heavy atom. The number of carbonyl (C=O) groups is 1. The van der Waals surface area contributed by atoms with Gasteiger partial charge < -0.3 is 5.32 Å². The summed E-state index contributed by atoms with van der Waals surface area (Å²) in [4.78, 5) is 11.8. The zero-order chi connectivity index (χ0) is 14.9. The van der Waals surface area contributed by atoms with E-state index in [1.54, 1.807) is 22.6 Å². The molecule has 0 radical (unpaired) electrons. The fourth-order valence-corrected chi connectivity index (χ4v) is 1.98. The van der Waals surface area contributed by atoms with Crippen molar-refractivity contribution in [1.82, 2.24) is 0 Å². The fraction of sp³-hybridized carbons (Fsp3) is 0. The maximum absolute atomic E-state index is 13.1. The zero-order valence-electron chi connectivity index (χ0n) is 9.68. The summed E-state index contributed by atoms with van der Waals surface area (Å²) in [6.07, 6.45) is 0. The number of carbonyl (C=O) groups excluding carboxylic acids is 1. The molecule has 0 saturated heterocycles. The molecule has 20 heavy (non-hydrogen) atoms. The molecule has 0 aromatic heterocycles. The van der Waals surface area contributed by atoms with Crippen molar-refractivity contribution in [2.45, 2.75) is 0 Å². The molecular weight excluding hydrogens is 389 g/mol. The quantitative estimate of drug-likeness (QED) is 0.463. The van der Waals surface area contributed by atoms with Crippen molar-refractivity contribution in [3.63, 3.8) is 0 Å². The first-order chi connectivity index (χ1) is 9.38. The molecule has 0 fully saturated rings. The van der Waals surface area contributed by atoms with Gasteiger partial charge in [-0.25, -0.2) is 17.6 Å². The summed E-state index contributed by atoms with van der Waals surface area (Å²) in [5.41, 5.74) is -0.119. The van der Waals surface area contributed by atoms with E-state index in [-0.39, 0.29) is 14.8 Å². The molecule has 0 spiro atoms. The van der Waals surface area contributed by atoms with Gasteiger partial charge in [0.15, 0.2) is 17.5 Å². The molecule has 0 aliphatic heterocycles. The molecule has 2 aromatic rings. The first-order valence-corrected chi connectivity index (χ1v) is 6.37. The normalized spacial score (nSPS) is 10.4. The van der Waals surface area contributed by atoms with Gasteiger partial charge in [-0.05, 0) is 40.8 Å². The van der Waals surface area contributed by atoms with E-state index in [9.17, 15) is 22.4 Å². The highest BCUT2D eigenvalue weighted by atomic mass is 127. The van der Waals surface area contributed by atoms with Crippen LogP contribution >= 0.6 is 22.6 Å². The molecule has 1 N–H and O–H groups in total. The average Bonchev–Trinajstić information content (AvgIpc) is 2.39. The predicted octanol–water partition coefficient (Wildman–Crippen LogP) is 4.10. The molecule has 2 aromatic carbocycles. The summed E-state index contributed by atoms with van der Waals surface area (Å²) in [6.45, 7) is 0. The number of benzene rings is 2. The number of anilines is 1. The largest absolute Gasteiger partial charge is 0.322 e. The third kappa shape index (κ3) is 3.09. The van der Waals surface area contributed by atoms with Crippen molar-refractivity contribution in [2.24, 2.45) is 0 Å². The van der Waals surface area contributed by atoms with Crippen molar-refractivity contribution in [1.29, 1.82) is 0 Å². The van der Waals surface area contributed by atoms with Crippen LogP contribution in [0.15, 0.2) is 30.3 Å². The van der Waals surface area contributed by atoms with E-state index in [1.165, 1.54) is 12.1 Å². The standard InChI is InChI=1S/C13H6F4INO/c14-8-2-1-6(3-11(8)18)13(20)19-7-4-9(15)12(17)10(16)5-7/h1-5H,(H,19,20). The minimum atomic E-state index is -1.61. The van der Waals surface area contributed by atoms with E-state index in [0.29, 0.717) is 12.1 Å². The Morgan fingerprint density at radius 2 is 1.55 bits per heavy atom. The number of amides is 1. The van der Waals surface area contributed by atoms with Gasteiger partial charge >= 0.3 is 0 Å². The van der Waals surface area contributed by atoms with Crippen LogP contribution in [0.5, 0.6) is 0 Å². The van der Waals surface area contributed by atoms with Gasteiger partial charge in [0.25, 0.3) is 5.91 Å².